The zero-order valence-electron chi connectivity index (χ0n) is 8.97. The van der Waals surface area contributed by atoms with Gasteiger partial charge in [-0.2, -0.15) is 0 Å². The van der Waals surface area contributed by atoms with Gasteiger partial charge in [0.2, 0.25) is 0 Å². The lowest BCUT2D eigenvalue weighted by atomic mass is 9.93. The van der Waals surface area contributed by atoms with Crippen molar-refractivity contribution in [2.45, 2.75) is 12.8 Å². The van der Waals surface area contributed by atoms with Crippen LogP contribution < -0.4 is 5.73 Å². The summed E-state index contributed by atoms with van der Waals surface area (Å²) in [6.45, 7) is 1.65. The maximum Gasteiger partial charge on any atom is 0.310 e. The zero-order chi connectivity index (χ0) is 11.7. The largest absolute Gasteiger partial charge is 0.481 e. The number of benzene rings is 2. The first-order valence-electron chi connectivity index (χ1n) is 5.11. The molecule has 0 heterocycles. The number of rotatable bonds is 2. The monoisotopic (exact) mass is 215 g/mol. The van der Waals surface area contributed by atoms with Crippen molar-refractivity contribution in [3.63, 3.8) is 0 Å². The van der Waals surface area contributed by atoms with E-state index in [0.717, 1.165) is 10.8 Å². The molecule has 0 aromatic heterocycles. The summed E-state index contributed by atoms with van der Waals surface area (Å²) < 4.78 is 0. The third-order valence-electron chi connectivity index (χ3n) is 2.81. The third kappa shape index (κ3) is 1.60. The van der Waals surface area contributed by atoms with Crippen molar-refractivity contribution in [1.82, 2.24) is 0 Å². The number of carbonyl (C=O) groups is 1. The van der Waals surface area contributed by atoms with Gasteiger partial charge in [0.25, 0.3) is 0 Å². The highest BCUT2D eigenvalue weighted by atomic mass is 16.4. The van der Waals surface area contributed by atoms with Gasteiger partial charge >= 0.3 is 5.97 Å². The van der Waals surface area contributed by atoms with E-state index in [-0.39, 0.29) is 0 Å². The first-order chi connectivity index (χ1) is 7.61. The Morgan fingerprint density at radius 2 is 1.94 bits per heavy atom. The van der Waals surface area contributed by atoms with E-state index in [4.69, 9.17) is 10.8 Å². The highest BCUT2D eigenvalue weighted by Gasteiger charge is 2.18. The van der Waals surface area contributed by atoms with E-state index in [1.54, 1.807) is 13.0 Å². The third-order valence-corrected chi connectivity index (χ3v) is 2.81. The quantitative estimate of drug-likeness (QED) is 0.757. The zero-order valence-corrected chi connectivity index (χ0v) is 8.97. The minimum absolute atomic E-state index is 0.536. The molecule has 1 unspecified atom stereocenters. The number of carboxylic acid groups (broad SMARTS) is 1. The summed E-state index contributed by atoms with van der Waals surface area (Å²) in [6, 6.07) is 11.3. The number of fused-ring (bicyclic) bond motifs is 1. The summed E-state index contributed by atoms with van der Waals surface area (Å²) in [5.74, 6) is -1.45. The van der Waals surface area contributed by atoms with Gasteiger partial charge in [-0.1, -0.05) is 30.3 Å². The maximum atomic E-state index is 11.0. The summed E-state index contributed by atoms with van der Waals surface area (Å²) in [5.41, 5.74) is 7.10. The van der Waals surface area contributed by atoms with Gasteiger partial charge in [-0.15, -0.1) is 0 Å². The van der Waals surface area contributed by atoms with Crippen LogP contribution in [0.5, 0.6) is 0 Å². The predicted octanol–water partition coefficient (Wildman–Crippen LogP) is 2.61. The summed E-state index contributed by atoms with van der Waals surface area (Å²) >= 11 is 0. The normalized spacial score (nSPS) is 12.6. The minimum Gasteiger partial charge on any atom is -0.481 e. The number of nitrogen functional groups attached to an aromatic ring is 1. The van der Waals surface area contributed by atoms with Crippen molar-refractivity contribution in [3.05, 3.63) is 42.0 Å². The Bertz CT molecular complexity index is 549. The molecule has 0 radical (unpaired) electrons. The fraction of sp³-hybridized carbons (Fsp3) is 0.154. The maximum absolute atomic E-state index is 11.0. The van der Waals surface area contributed by atoms with E-state index in [1.165, 1.54) is 0 Å². The Morgan fingerprint density at radius 1 is 1.25 bits per heavy atom. The Hall–Kier alpha value is -2.03. The van der Waals surface area contributed by atoms with Gasteiger partial charge < -0.3 is 10.8 Å². The average molecular weight is 215 g/mol. The fourth-order valence-electron chi connectivity index (χ4n) is 1.92. The van der Waals surface area contributed by atoms with Crippen LogP contribution in [-0.4, -0.2) is 11.1 Å². The second-order valence-electron chi connectivity index (χ2n) is 3.85. The molecule has 0 saturated carbocycles. The second kappa shape index (κ2) is 3.85. The molecule has 0 aliphatic heterocycles. The van der Waals surface area contributed by atoms with Crippen molar-refractivity contribution < 1.29 is 9.90 Å². The lowest BCUT2D eigenvalue weighted by Gasteiger charge is -2.13. The molecule has 0 aliphatic carbocycles. The molecule has 1 atom stereocenters. The number of carboxylic acids is 1. The summed E-state index contributed by atoms with van der Waals surface area (Å²) in [7, 11) is 0. The highest BCUT2D eigenvalue weighted by molar-refractivity contribution is 5.94. The van der Waals surface area contributed by atoms with E-state index in [0.29, 0.717) is 11.3 Å². The van der Waals surface area contributed by atoms with Crippen molar-refractivity contribution >= 4 is 22.4 Å². The Kier molecular flexibility index (Phi) is 2.52. The fourth-order valence-corrected chi connectivity index (χ4v) is 1.92. The Labute approximate surface area is 93.5 Å². The van der Waals surface area contributed by atoms with Crippen molar-refractivity contribution in [2.75, 3.05) is 5.73 Å². The summed E-state index contributed by atoms with van der Waals surface area (Å²) in [4.78, 5) is 11.0. The molecule has 2 rings (SSSR count). The molecule has 16 heavy (non-hydrogen) atoms. The summed E-state index contributed by atoms with van der Waals surface area (Å²) in [5, 5.41) is 11.0. The lowest BCUT2D eigenvalue weighted by molar-refractivity contribution is -0.138. The van der Waals surface area contributed by atoms with Crippen LogP contribution in [0, 0.1) is 0 Å². The highest BCUT2D eigenvalue weighted by Crippen LogP contribution is 2.30. The van der Waals surface area contributed by atoms with Crippen LogP contribution in [0.1, 0.15) is 18.4 Å². The first-order valence-corrected chi connectivity index (χ1v) is 5.11. The topological polar surface area (TPSA) is 63.3 Å². The molecule has 3 nitrogen and oxygen atoms in total. The van der Waals surface area contributed by atoms with Gasteiger partial charge in [-0.05, 0) is 29.3 Å². The molecule has 82 valence electrons. The van der Waals surface area contributed by atoms with E-state index in [2.05, 4.69) is 0 Å². The minimum atomic E-state index is -0.858. The van der Waals surface area contributed by atoms with Gasteiger partial charge in [-0.3, -0.25) is 4.79 Å². The van der Waals surface area contributed by atoms with Gasteiger partial charge in [0.1, 0.15) is 0 Å². The molecule has 0 amide bonds. The smallest absolute Gasteiger partial charge is 0.310 e. The molecular formula is C13H13NO2. The average Bonchev–Trinajstić information content (AvgIpc) is 2.28. The van der Waals surface area contributed by atoms with Gasteiger partial charge in [0.05, 0.1) is 5.92 Å². The molecule has 3 N–H and O–H groups in total. The number of hydrogen-bond donors (Lipinski definition) is 2. The predicted molar refractivity (Wildman–Crippen MR) is 64.4 cm³/mol. The Balaban J connectivity index is 2.75. The number of hydrogen-bond acceptors (Lipinski definition) is 2. The Morgan fingerprint density at radius 3 is 2.62 bits per heavy atom. The van der Waals surface area contributed by atoms with Crippen molar-refractivity contribution in [3.8, 4) is 0 Å². The SMILES string of the molecule is CC(C(=O)O)c1c(N)ccc2ccccc12. The van der Waals surface area contributed by atoms with E-state index in [9.17, 15) is 4.79 Å². The number of nitrogens with two attached hydrogens (primary N) is 1. The first kappa shape index (κ1) is 10.5. The molecule has 2 aromatic rings. The van der Waals surface area contributed by atoms with Crippen LogP contribution in [0.3, 0.4) is 0 Å². The van der Waals surface area contributed by atoms with Crippen LogP contribution in [0.15, 0.2) is 36.4 Å². The van der Waals surface area contributed by atoms with Crippen LogP contribution in [-0.2, 0) is 4.79 Å². The molecule has 0 aliphatic rings. The van der Waals surface area contributed by atoms with Gasteiger partial charge in [-0.25, -0.2) is 0 Å². The lowest BCUT2D eigenvalue weighted by Crippen LogP contribution is -2.10. The molecule has 0 saturated heterocycles. The van der Waals surface area contributed by atoms with Crippen LogP contribution >= 0.6 is 0 Å². The number of anilines is 1. The molecule has 0 bridgehead atoms. The molecular weight excluding hydrogens is 202 g/mol. The molecule has 3 heteroatoms. The van der Waals surface area contributed by atoms with Crippen LogP contribution in [0.2, 0.25) is 0 Å². The van der Waals surface area contributed by atoms with E-state index in [1.807, 2.05) is 30.3 Å². The standard InChI is InChI=1S/C13H13NO2/c1-8(13(15)16)12-10-5-3-2-4-9(10)6-7-11(12)14/h2-8H,14H2,1H3,(H,15,16). The van der Waals surface area contributed by atoms with E-state index >= 15 is 0 Å². The van der Waals surface area contributed by atoms with Crippen LogP contribution in [0.4, 0.5) is 5.69 Å². The number of aliphatic carboxylic acids is 1. The molecule has 2 aromatic carbocycles. The van der Waals surface area contributed by atoms with Gasteiger partial charge in [0.15, 0.2) is 0 Å². The van der Waals surface area contributed by atoms with E-state index < -0.39 is 11.9 Å². The van der Waals surface area contributed by atoms with Crippen molar-refractivity contribution in [2.24, 2.45) is 0 Å². The molecule has 0 spiro atoms. The van der Waals surface area contributed by atoms with Crippen LogP contribution in [0.25, 0.3) is 10.8 Å². The van der Waals surface area contributed by atoms with Crippen molar-refractivity contribution in [1.29, 1.82) is 0 Å². The summed E-state index contributed by atoms with van der Waals surface area (Å²) in [6.07, 6.45) is 0. The second-order valence-corrected chi connectivity index (χ2v) is 3.85. The van der Waals surface area contributed by atoms with Gasteiger partial charge in [0, 0.05) is 5.69 Å². The molecule has 0 fully saturated rings.